The lowest BCUT2D eigenvalue weighted by molar-refractivity contribution is 0.417. The summed E-state index contributed by atoms with van der Waals surface area (Å²) in [5, 5.41) is 0.891. The highest BCUT2D eigenvalue weighted by Gasteiger charge is 1.92. The van der Waals surface area contributed by atoms with Gasteiger partial charge in [0.25, 0.3) is 6.08 Å². The quantitative estimate of drug-likeness (QED) is 0.422. The van der Waals surface area contributed by atoms with Gasteiger partial charge in [0.1, 0.15) is 0 Å². The Kier molecular flexibility index (Phi) is 9.49. The van der Waals surface area contributed by atoms with Crippen LogP contribution in [0.2, 0.25) is 0 Å². The summed E-state index contributed by atoms with van der Waals surface area (Å²) < 4.78 is 23.5. The number of alkyl halides is 1. The zero-order valence-electron chi connectivity index (χ0n) is 9.90. The summed E-state index contributed by atoms with van der Waals surface area (Å²) in [4.78, 5) is 0. The lowest BCUT2D eigenvalue weighted by Gasteiger charge is -2.00. The van der Waals surface area contributed by atoms with E-state index in [4.69, 9.17) is 0 Å². The van der Waals surface area contributed by atoms with Crippen molar-refractivity contribution in [1.29, 1.82) is 0 Å². The van der Waals surface area contributed by atoms with E-state index in [1.54, 1.807) is 0 Å². The Morgan fingerprint density at radius 3 is 1.94 bits per heavy atom. The molecule has 0 aliphatic carbocycles. The van der Waals surface area contributed by atoms with Crippen LogP contribution in [-0.4, -0.2) is 5.33 Å². The van der Waals surface area contributed by atoms with Crippen LogP contribution in [0, 0.1) is 0 Å². The van der Waals surface area contributed by atoms with Gasteiger partial charge in [0.15, 0.2) is 0 Å². The highest BCUT2D eigenvalue weighted by molar-refractivity contribution is 9.09. The Morgan fingerprint density at radius 2 is 1.44 bits per heavy atom. The van der Waals surface area contributed by atoms with Gasteiger partial charge in [0.2, 0.25) is 0 Å². The van der Waals surface area contributed by atoms with Crippen LogP contribution in [0.1, 0.15) is 39.5 Å². The number of allylic oxidation sites excluding steroid dienone is 5. The summed E-state index contributed by atoms with van der Waals surface area (Å²) in [7, 11) is 0. The van der Waals surface area contributed by atoms with Gasteiger partial charge in [0, 0.05) is 5.33 Å². The van der Waals surface area contributed by atoms with Crippen molar-refractivity contribution in [3.63, 3.8) is 0 Å². The van der Waals surface area contributed by atoms with Crippen molar-refractivity contribution in [2.24, 2.45) is 0 Å². The standard InChI is InChI=1S/C13H19BrF2/c1-11(7-4-8-13(15)16)5-3-6-12(2)9-10-14/h5,8-9H,3-4,6-7,10H2,1-2H3/b11-5+,12-9+. The second-order valence-corrected chi connectivity index (χ2v) is 4.47. The SMILES string of the molecule is C/C(=C\CC/C(C)=C/CBr)CCC=C(F)F. The summed E-state index contributed by atoms with van der Waals surface area (Å²) in [6, 6.07) is 0. The molecule has 16 heavy (non-hydrogen) atoms. The van der Waals surface area contributed by atoms with Gasteiger partial charge in [-0.3, -0.25) is 0 Å². The average Bonchev–Trinajstić information content (AvgIpc) is 2.17. The predicted octanol–water partition coefficient (Wildman–Crippen LogP) is 5.61. The van der Waals surface area contributed by atoms with Crippen LogP contribution in [0.4, 0.5) is 8.78 Å². The summed E-state index contributed by atoms with van der Waals surface area (Å²) >= 11 is 3.35. The summed E-state index contributed by atoms with van der Waals surface area (Å²) in [6.07, 6.45) is 6.86. The number of hydrogen-bond acceptors (Lipinski definition) is 0. The van der Waals surface area contributed by atoms with E-state index in [9.17, 15) is 8.78 Å². The number of hydrogen-bond donors (Lipinski definition) is 0. The fourth-order valence-corrected chi connectivity index (χ4v) is 1.84. The Bertz CT molecular complexity index is 274. The lowest BCUT2D eigenvalue weighted by atomic mass is 10.1. The molecule has 0 aromatic heterocycles. The van der Waals surface area contributed by atoms with Crippen LogP contribution < -0.4 is 0 Å². The van der Waals surface area contributed by atoms with E-state index in [2.05, 4.69) is 35.0 Å². The third-order valence-corrected chi connectivity index (χ3v) is 2.62. The fourth-order valence-electron chi connectivity index (χ4n) is 1.29. The molecular formula is C13H19BrF2. The van der Waals surface area contributed by atoms with Crippen LogP contribution in [0.5, 0.6) is 0 Å². The Balaban J connectivity index is 3.79. The topological polar surface area (TPSA) is 0 Å². The molecule has 0 nitrogen and oxygen atoms in total. The van der Waals surface area contributed by atoms with E-state index in [-0.39, 0.29) is 0 Å². The van der Waals surface area contributed by atoms with Crippen LogP contribution >= 0.6 is 15.9 Å². The first-order chi connectivity index (χ1) is 7.56. The summed E-state index contributed by atoms with van der Waals surface area (Å²) in [5.74, 6) is 0. The molecule has 0 aliphatic rings. The van der Waals surface area contributed by atoms with E-state index < -0.39 is 6.08 Å². The molecule has 0 aromatic carbocycles. The van der Waals surface area contributed by atoms with Crippen LogP contribution in [0.3, 0.4) is 0 Å². The Morgan fingerprint density at radius 1 is 0.938 bits per heavy atom. The molecule has 0 rings (SSSR count). The predicted molar refractivity (Wildman–Crippen MR) is 70.1 cm³/mol. The zero-order valence-corrected chi connectivity index (χ0v) is 11.5. The third kappa shape index (κ3) is 10.1. The van der Waals surface area contributed by atoms with Crippen molar-refractivity contribution in [3.8, 4) is 0 Å². The van der Waals surface area contributed by atoms with Gasteiger partial charge in [-0.2, -0.15) is 8.78 Å². The van der Waals surface area contributed by atoms with E-state index >= 15 is 0 Å². The second-order valence-electron chi connectivity index (χ2n) is 3.83. The van der Waals surface area contributed by atoms with Gasteiger partial charge in [-0.1, -0.05) is 39.2 Å². The molecule has 0 bridgehead atoms. The number of halogens is 3. The minimum atomic E-state index is -1.58. The molecule has 0 spiro atoms. The average molecular weight is 293 g/mol. The molecule has 0 aliphatic heterocycles. The smallest absolute Gasteiger partial charge is 0.174 e. The second kappa shape index (κ2) is 9.76. The molecule has 3 heteroatoms. The van der Waals surface area contributed by atoms with Crippen molar-refractivity contribution < 1.29 is 8.78 Å². The molecule has 0 fully saturated rings. The van der Waals surface area contributed by atoms with Gasteiger partial charge in [-0.25, -0.2) is 0 Å². The van der Waals surface area contributed by atoms with E-state index in [0.29, 0.717) is 6.42 Å². The molecule has 0 unspecified atom stereocenters. The minimum Gasteiger partial charge on any atom is -0.174 e. The molecular weight excluding hydrogens is 274 g/mol. The van der Waals surface area contributed by atoms with E-state index in [1.807, 2.05) is 6.92 Å². The van der Waals surface area contributed by atoms with Crippen molar-refractivity contribution in [1.82, 2.24) is 0 Å². The van der Waals surface area contributed by atoms with Gasteiger partial charge < -0.3 is 0 Å². The Hall–Kier alpha value is -0.440. The largest absolute Gasteiger partial charge is 0.266 e. The van der Waals surface area contributed by atoms with Crippen LogP contribution in [-0.2, 0) is 0 Å². The molecule has 0 atom stereocenters. The van der Waals surface area contributed by atoms with Crippen molar-refractivity contribution >= 4 is 15.9 Å². The van der Waals surface area contributed by atoms with Gasteiger partial charge in [-0.05, 0) is 45.6 Å². The van der Waals surface area contributed by atoms with Crippen molar-refractivity contribution in [2.45, 2.75) is 39.5 Å². The van der Waals surface area contributed by atoms with Crippen LogP contribution in [0.25, 0.3) is 0 Å². The minimum absolute atomic E-state index is 0.431. The normalized spacial score (nSPS) is 12.8. The molecule has 92 valence electrons. The molecule has 0 saturated carbocycles. The Labute approximate surface area is 105 Å². The maximum absolute atomic E-state index is 11.8. The lowest BCUT2D eigenvalue weighted by Crippen LogP contribution is -1.80. The molecule has 0 radical (unpaired) electrons. The molecule has 0 amide bonds. The monoisotopic (exact) mass is 292 g/mol. The van der Waals surface area contributed by atoms with Crippen molar-refractivity contribution in [3.05, 3.63) is 35.5 Å². The molecule has 0 N–H and O–H groups in total. The highest BCUT2D eigenvalue weighted by atomic mass is 79.9. The highest BCUT2D eigenvalue weighted by Crippen LogP contribution is 2.12. The first-order valence-electron chi connectivity index (χ1n) is 5.44. The van der Waals surface area contributed by atoms with Gasteiger partial charge in [-0.15, -0.1) is 0 Å². The van der Waals surface area contributed by atoms with Crippen LogP contribution in [0.15, 0.2) is 35.5 Å². The maximum atomic E-state index is 11.8. The summed E-state index contributed by atoms with van der Waals surface area (Å²) in [5.41, 5.74) is 2.54. The van der Waals surface area contributed by atoms with Gasteiger partial charge >= 0.3 is 0 Å². The summed E-state index contributed by atoms with van der Waals surface area (Å²) in [6.45, 7) is 4.10. The first kappa shape index (κ1) is 15.6. The van der Waals surface area contributed by atoms with Gasteiger partial charge in [0.05, 0.1) is 0 Å². The third-order valence-electron chi connectivity index (χ3n) is 2.29. The van der Waals surface area contributed by atoms with E-state index in [1.165, 1.54) is 11.1 Å². The van der Waals surface area contributed by atoms with Crippen molar-refractivity contribution in [2.75, 3.05) is 5.33 Å². The van der Waals surface area contributed by atoms with E-state index in [0.717, 1.165) is 30.7 Å². The first-order valence-corrected chi connectivity index (χ1v) is 6.56. The maximum Gasteiger partial charge on any atom is 0.266 e. The fraction of sp³-hybridized carbons (Fsp3) is 0.538. The zero-order chi connectivity index (χ0) is 12.4. The molecule has 0 saturated heterocycles. The molecule has 0 heterocycles. The number of rotatable bonds is 7. The molecule has 0 aromatic rings.